The van der Waals surface area contributed by atoms with Crippen LogP contribution in [0.5, 0.6) is 0 Å². The van der Waals surface area contributed by atoms with Crippen molar-refractivity contribution in [2.75, 3.05) is 18.5 Å². The largest absolute Gasteiger partial charge is 0.366 e. The smallest absolute Gasteiger partial charge is 0.269 e. The van der Waals surface area contributed by atoms with Crippen molar-refractivity contribution in [3.8, 4) is 0 Å². The Balaban J connectivity index is 2.32. The molecule has 1 unspecified atom stereocenters. The van der Waals surface area contributed by atoms with Crippen molar-refractivity contribution in [2.45, 2.75) is 6.04 Å². The normalized spacial score (nSPS) is 11.9. The van der Waals surface area contributed by atoms with Crippen molar-refractivity contribution < 1.29 is 4.92 Å². The van der Waals surface area contributed by atoms with Crippen LogP contribution in [0.2, 0.25) is 0 Å². The molecule has 2 aromatic carbocycles. The summed E-state index contributed by atoms with van der Waals surface area (Å²) < 4.78 is 0. The molecule has 0 saturated carbocycles. The third-order valence-corrected chi connectivity index (χ3v) is 3.32. The van der Waals surface area contributed by atoms with E-state index in [1.807, 2.05) is 48.3 Å². The van der Waals surface area contributed by atoms with Crippen LogP contribution in [0.25, 0.3) is 0 Å². The van der Waals surface area contributed by atoms with Gasteiger partial charge in [0.2, 0.25) is 0 Å². The first-order valence-electron chi connectivity index (χ1n) is 6.35. The second-order valence-electron chi connectivity index (χ2n) is 4.55. The Morgan fingerprint density at radius 1 is 1.20 bits per heavy atom. The molecular formula is C15H17N3O2. The Bertz CT molecular complexity index is 587. The van der Waals surface area contributed by atoms with Crippen LogP contribution < -0.4 is 10.6 Å². The fraction of sp³-hybridized carbons (Fsp3) is 0.200. The third kappa shape index (κ3) is 2.95. The zero-order chi connectivity index (χ0) is 14.5. The highest BCUT2D eigenvalue weighted by Gasteiger charge is 2.18. The molecule has 0 bridgehead atoms. The van der Waals surface area contributed by atoms with E-state index in [1.54, 1.807) is 12.1 Å². The van der Waals surface area contributed by atoms with Gasteiger partial charge < -0.3 is 10.6 Å². The van der Waals surface area contributed by atoms with Crippen LogP contribution in [-0.2, 0) is 0 Å². The molecule has 104 valence electrons. The molecule has 5 nitrogen and oxygen atoms in total. The van der Waals surface area contributed by atoms with Gasteiger partial charge in [0.15, 0.2) is 0 Å². The minimum absolute atomic E-state index is 0.0856. The van der Waals surface area contributed by atoms with Gasteiger partial charge in [-0.1, -0.05) is 30.3 Å². The summed E-state index contributed by atoms with van der Waals surface area (Å²) in [5, 5.41) is 10.9. The molecule has 0 aromatic heterocycles. The second-order valence-corrected chi connectivity index (χ2v) is 4.55. The summed E-state index contributed by atoms with van der Waals surface area (Å²) >= 11 is 0. The number of non-ortho nitro benzene ring substituents is 1. The second kappa shape index (κ2) is 6.16. The van der Waals surface area contributed by atoms with Gasteiger partial charge >= 0.3 is 0 Å². The number of rotatable bonds is 5. The van der Waals surface area contributed by atoms with E-state index in [2.05, 4.69) is 0 Å². The van der Waals surface area contributed by atoms with Crippen LogP contribution in [0.4, 0.5) is 11.4 Å². The van der Waals surface area contributed by atoms with Gasteiger partial charge in [0.1, 0.15) is 0 Å². The number of hydrogen-bond donors (Lipinski definition) is 1. The van der Waals surface area contributed by atoms with Gasteiger partial charge in [0.05, 0.1) is 11.0 Å². The Kier molecular flexibility index (Phi) is 4.32. The number of nitro groups is 1. The maximum Gasteiger partial charge on any atom is 0.269 e. The number of para-hydroxylation sites is 1. The van der Waals surface area contributed by atoms with E-state index >= 15 is 0 Å². The highest BCUT2D eigenvalue weighted by molar-refractivity contribution is 5.49. The van der Waals surface area contributed by atoms with Gasteiger partial charge in [0.25, 0.3) is 5.69 Å². The van der Waals surface area contributed by atoms with Crippen molar-refractivity contribution in [2.24, 2.45) is 5.73 Å². The van der Waals surface area contributed by atoms with E-state index < -0.39 is 0 Å². The van der Waals surface area contributed by atoms with Gasteiger partial charge in [0, 0.05) is 31.4 Å². The number of nitro benzene ring substituents is 1. The number of benzene rings is 2. The van der Waals surface area contributed by atoms with E-state index in [0.29, 0.717) is 6.54 Å². The topological polar surface area (TPSA) is 72.4 Å². The highest BCUT2D eigenvalue weighted by atomic mass is 16.6. The van der Waals surface area contributed by atoms with Gasteiger partial charge in [-0.3, -0.25) is 10.1 Å². The van der Waals surface area contributed by atoms with E-state index in [0.717, 1.165) is 11.3 Å². The maximum atomic E-state index is 10.9. The van der Waals surface area contributed by atoms with E-state index in [1.165, 1.54) is 6.07 Å². The lowest BCUT2D eigenvalue weighted by Crippen LogP contribution is -2.30. The van der Waals surface area contributed by atoms with Gasteiger partial charge in [-0.05, 0) is 17.7 Å². The summed E-state index contributed by atoms with van der Waals surface area (Å²) in [6.45, 7) is 0.382. The molecule has 0 fully saturated rings. The third-order valence-electron chi connectivity index (χ3n) is 3.32. The molecule has 0 spiro atoms. The van der Waals surface area contributed by atoms with Gasteiger partial charge in [-0.15, -0.1) is 0 Å². The monoisotopic (exact) mass is 271 g/mol. The quantitative estimate of drug-likeness (QED) is 0.670. The fourth-order valence-corrected chi connectivity index (χ4v) is 2.21. The zero-order valence-electron chi connectivity index (χ0n) is 11.3. The van der Waals surface area contributed by atoms with E-state index in [4.69, 9.17) is 5.73 Å². The Morgan fingerprint density at radius 3 is 2.50 bits per heavy atom. The van der Waals surface area contributed by atoms with Crippen molar-refractivity contribution in [3.63, 3.8) is 0 Å². The maximum absolute atomic E-state index is 10.9. The van der Waals surface area contributed by atoms with Crippen molar-refractivity contribution in [1.82, 2.24) is 0 Å². The molecule has 5 heteroatoms. The van der Waals surface area contributed by atoms with Gasteiger partial charge in [-0.25, -0.2) is 0 Å². The van der Waals surface area contributed by atoms with Crippen LogP contribution in [0.15, 0.2) is 54.6 Å². The average Bonchev–Trinajstić information content (AvgIpc) is 2.49. The molecule has 0 radical (unpaired) electrons. The zero-order valence-corrected chi connectivity index (χ0v) is 11.3. The molecule has 2 rings (SSSR count). The number of nitrogens with two attached hydrogens (primary N) is 1. The summed E-state index contributed by atoms with van der Waals surface area (Å²) in [5.41, 5.74) is 7.81. The first-order chi connectivity index (χ1) is 9.63. The number of anilines is 1. The minimum atomic E-state index is -0.389. The summed E-state index contributed by atoms with van der Waals surface area (Å²) in [4.78, 5) is 12.5. The minimum Gasteiger partial charge on any atom is -0.366 e. The lowest BCUT2D eigenvalue weighted by molar-refractivity contribution is -0.384. The Labute approximate surface area is 117 Å². The van der Waals surface area contributed by atoms with Crippen LogP contribution in [0.3, 0.4) is 0 Å². The van der Waals surface area contributed by atoms with Crippen LogP contribution in [-0.4, -0.2) is 18.5 Å². The Morgan fingerprint density at radius 2 is 1.90 bits per heavy atom. The van der Waals surface area contributed by atoms with Gasteiger partial charge in [-0.2, -0.15) is 0 Å². The summed E-state index contributed by atoms with van der Waals surface area (Å²) in [6, 6.07) is 16.3. The predicted octanol–water partition coefficient (Wildman–Crippen LogP) is 2.73. The van der Waals surface area contributed by atoms with E-state index in [9.17, 15) is 10.1 Å². The lowest BCUT2D eigenvalue weighted by Gasteiger charge is -2.29. The molecule has 0 aliphatic carbocycles. The summed E-state index contributed by atoms with van der Waals surface area (Å²) in [5.74, 6) is 0. The van der Waals surface area contributed by atoms with Crippen molar-refractivity contribution in [3.05, 3.63) is 70.3 Å². The fourth-order valence-electron chi connectivity index (χ4n) is 2.21. The molecule has 1 atom stereocenters. The first-order valence-corrected chi connectivity index (χ1v) is 6.35. The summed E-state index contributed by atoms with van der Waals surface area (Å²) in [6.07, 6.45) is 0. The molecule has 0 aliphatic rings. The molecular weight excluding hydrogens is 254 g/mol. The van der Waals surface area contributed by atoms with Crippen LogP contribution in [0.1, 0.15) is 11.6 Å². The molecule has 2 aromatic rings. The standard InChI is InChI=1S/C15H17N3O2/c1-17(13-7-3-2-4-8-13)15(11-16)12-6-5-9-14(10-12)18(19)20/h2-10,15H,11,16H2,1H3. The van der Waals surface area contributed by atoms with E-state index in [-0.39, 0.29) is 16.7 Å². The highest BCUT2D eigenvalue weighted by Crippen LogP contribution is 2.26. The Hall–Kier alpha value is -2.40. The molecule has 0 amide bonds. The molecule has 0 saturated heterocycles. The number of nitrogens with zero attached hydrogens (tertiary/aromatic N) is 2. The lowest BCUT2D eigenvalue weighted by atomic mass is 10.0. The molecule has 0 aliphatic heterocycles. The summed E-state index contributed by atoms with van der Waals surface area (Å²) in [7, 11) is 1.94. The molecule has 2 N–H and O–H groups in total. The number of hydrogen-bond acceptors (Lipinski definition) is 4. The average molecular weight is 271 g/mol. The SMILES string of the molecule is CN(c1ccccc1)C(CN)c1cccc([N+](=O)[O-])c1. The molecule has 0 heterocycles. The predicted molar refractivity (Wildman–Crippen MR) is 79.7 cm³/mol. The van der Waals surface area contributed by atoms with Crippen LogP contribution in [0, 0.1) is 10.1 Å². The van der Waals surface area contributed by atoms with Crippen LogP contribution >= 0.6 is 0 Å². The number of likely N-dealkylation sites (N-methyl/N-ethyl adjacent to an activating group) is 1. The molecule has 20 heavy (non-hydrogen) atoms. The van der Waals surface area contributed by atoms with Crippen molar-refractivity contribution >= 4 is 11.4 Å². The van der Waals surface area contributed by atoms with Crippen molar-refractivity contribution in [1.29, 1.82) is 0 Å². The first kappa shape index (κ1) is 14.0.